The molecule has 4 rings (SSSR count). The molecule has 3 aromatic rings. The first-order valence-corrected chi connectivity index (χ1v) is 9.12. The highest BCUT2D eigenvalue weighted by Crippen LogP contribution is 2.14. The highest BCUT2D eigenvalue weighted by atomic mass is 32.1. The van der Waals surface area contributed by atoms with Crippen LogP contribution in [0.3, 0.4) is 0 Å². The van der Waals surface area contributed by atoms with Gasteiger partial charge in [-0.25, -0.2) is 4.98 Å². The fourth-order valence-corrected chi connectivity index (χ4v) is 3.82. The second-order valence-corrected chi connectivity index (χ2v) is 7.15. The third-order valence-corrected chi connectivity index (χ3v) is 5.32. The van der Waals surface area contributed by atoms with Crippen LogP contribution < -0.4 is 0 Å². The molecule has 1 aliphatic heterocycles. The van der Waals surface area contributed by atoms with Gasteiger partial charge < -0.3 is 9.88 Å². The number of hydrogen-bond donors (Lipinski definition) is 1. The van der Waals surface area contributed by atoms with Crippen molar-refractivity contribution < 1.29 is 4.79 Å². The minimum atomic E-state index is 0.237. The van der Waals surface area contributed by atoms with E-state index in [-0.39, 0.29) is 5.91 Å². The molecule has 3 heterocycles. The molecule has 1 N–H and O–H groups in total. The minimum absolute atomic E-state index is 0.237. The van der Waals surface area contributed by atoms with Gasteiger partial charge in [0, 0.05) is 31.1 Å². The number of amides is 1. The Labute approximate surface area is 144 Å². The highest BCUT2D eigenvalue weighted by molar-refractivity contribution is 7.10. The number of thiophene rings is 1. The third kappa shape index (κ3) is 3.34. The van der Waals surface area contributed by atoms with Crippen LogP contribution in [0.4, 0.5) is 0 Å². The predicted octanol–water partition coefficient (Wildman–Crippen LogP) is 2.51. The number of fused-ring (bicyclic) bond motifs is 1. The molecule has 0 atom stereocenters. The largest absolute Gasteiger partial charge is 0.341 e. The Kier molecular flexibility index (Phi) is 4.32. The summed E-state index contributed by atoms with van der Waals surface area (Å²) in [6, 6.07) is 12.1. The van der Waals surface area contributed by atoms with Gasteiger partial charge in [-0.2, -0.15) is 0 Å². The molecule has 0 bridgehead atoms. The first-order chi connectivity index (χ1) is 11.8. The fraction of sp³-hybridized carbons (Fsp3) is 0.333. The van der Waals surface area contributed by atoms with Gasteiger partial charge in [0.2, 0.25) is 5.91 Å². The molecule has 1 fully saturated rings. The molecule has 124 valence electrons. The minimum Gasteiger partial charge on any atom is -0.341 e. The van der Waals surface area contributed by atoms with Crippen molar-refractivity contribution in [1.82, 2.24) is 19.8 Å². The molecule has 2 aromatic heterocycles. The SMILES string of the molecule is O=C(Cc1cccs1)N1CCN(Cc2nc3ccccc3[nH]2)CC1. The number of para-hydroxylation sites is 2. The molecule has 1 aliphatic rings. The molecule has 24 heavy (non-hydrogen) atoms. The van der Waals surface area contributed by atoms with Crippen molar-refractivity contribution in [3.63, 3.8) is 0 Å². The summed E-state index contributed by atoms with van der Waals surface area (Å²) >= 11 is 1.65. The summed E-state index contributed by atoms with van der Waals surface area (Å²) < 4.78 is 0. The number of nitrogens with zero attached hydrogens (tertiary/aromatic N) is 3. The topological polar surface area (TPSA) is 52.2 Å². The number of imidazole rings is 1. The van der Waals surface area contributed by atoms with E-state index in [2.05, 4.69) is 14.9 Å². The molecule has 0 unspecified atom stereocenters. The van der Waals surface area contributed by atoms with Crippen molar-refractivity contribution >= 4 is 28.3 Å². The van der Waals surface area contributed by atoms with Crippen molar-refractivity contribution in [2.75, 3.05) is 26.2 Å². The van der Waals surface area contributed by atoms with Crippen LogP contribution in [0.15, 0.2) is 41.8 Å². The Morgan fingerprint density at radius 2 is 1.96 bits per heavy atom. The standard InChI is InChI=1S/C18H20N4OS/c23-18(12-14-4-3-11-24-14)22-9-7-21(8-10-22)13-17-19-15-5-1-2-6-16(15)20-17/h1-6,11H,7-10,12-13H2,(H,19,20). The van der Waals surface area contributed by atoms with Gasteiger partial charge in [0.25, 0.3) is 0 Å². The Morgan fingerprint density at radius 3 is 2.71 bits per heavy atom. The van der Waals surface area contributed by atoms with E-state index in [0.29, 0.717) is 6.42 Å². The molecule has 5 nitrogen and oxygen atoms in total. The maximum absolute atomic E-state index is 12.3. The number of benzene rings is 1. The molecule has 1 aromatic carbocycles. The molecular formula is C18H20N4OS. The lowest BCUT2D eigenvalue weighted by atomic mass is 10.2. The Bertz CT molecular complexity index is 786. The quantitative estimate of drug-likeness (QED) is 0.794. The number of rotatable bonds is 4. The van der Waals surface area contributed by atoms with E-state index in [0.717, 1.165) is 54.5 Å². The number of H-pyrrole nitrogens is 1. The number of aromatic nitrogens is 2. The van der Waals surface area contributed by atoms with Crippen molar-refractivity contribution in [3.8, 4) is 0 Å². The normalized spacial score (nSPS) is 15.9. The van der Waals surface area contributed by atoms with Crippen molar-refractivity contribution in [1.29, 1.82) is 0 Å². The van der Waals surface area contributed by atoms with Crippen LogP contribution in [-0.4, -0.2) is 51.9 Å². The molecule has 0 aliphatic carbocycles. The van der Waals surface area contributed by atoms with Crippen LogP contribution in [0.5, 0.6) is 0 Å². The Hall–Kier alpha value is -2.18. The van der Waals surface area contributed by atoms with Crippen LogP contribution in [-0.2, 0) is 17.8 Å². The third-order valence-electron chi connectivity index (χ3n) is 4.44. The van der Waals surface area contributed by atoms with Gasteiger partial charge in [-0.3, -0.25) is 9.69 Å². The zero-order valence-corrected chi connectivity index (χ0v) is 14.3. The van der Waals surface area contributed by atoms with E-state index in [4.69, 9.17) is 0 Å². The molecule has 1 saturated heterocycles. The van der Waals surface area contributed by atoms with E-state index in [1.165, 1.54) is 0 Å². The molecule has 6 heteroatoms. The van der Waals surface area contributed by atoms with E-state index < -0.39 is 0 Å². The number of hydrogen-bond acceptors (Lipinski definition) is 4. The summed E-state index contributed by atoms with van der Waals surface area (Å²) in [5.41, 5.74) is 2.09. The average Bonchev–Trinajstić information content (AvgIpc) is 3.24. The summed E-state index contributed by atoms with van der Waals surface area (Å²) in [6.45, 7) is 4.19. The van der Waals surface area contributed by atoms with Gasteiger partial charge in [0.05, 0.1) is 24.0 Å². The molecule has 1 amide bonds. The summed E-state index contributed by atoms with van der Waals surface area (Å²) in [7, 11) is 0. The Balaban J connectivity index is 1.31. The molecular weight excluding hydrogens is 320 g/mol. The van der Waals surface area contributed by atoms with E-state index >= 15 is 0 Å². The van der Waals surface area contributed by atoms with Crippen LogP contribution in [0, 0.1) is 0 Å². The predicted molar refractivity (Wildman–Crippen MR) is 96.0 cm³/mol. The van der Waals surface area contributed by atoms with Crippen molar-refractivity contribution in [2.45, 2.75) is 13.0 Å². The van der Waals surface area contributed by atoms with Gasteiger partial charge in [-0.05, 0) is 23.6 Å². The van der Waals surface area contributed by atoms with Gasteiger partial charge in [0.15, 0.2) is 0 Å². The number of nitrogens with one attached hydrogen (secondary N) is 1. The first kappa shape index (κ1) is 15.4. The first-order valence-electron chi connectivity index (χ1n) is 8.24. The molecule has 0 spiro atoms. The van der Waals surface area contributed by atoms with Crippen molar-refractivity contribution in [3.05, 3.63) is 52.5 Å². The number of carbonyl (C=O) groups is 1. The van der Waals surface area contributed by atoms with E-state index in [9.17, 15) is 4.79 Å². The average molecular weight is 340 g/mol. The number of carbonyl (C=O) groups excluding carboxylic acids is 1. The second kappa shape index (κ2) is 6.75. The number of piperazine rings is 1. The zero-order valence-electron chi connectivity index (χ0n) is 13.4. The van der Waals surface area contributed by atoms with Gasteiger partial charge in [-0.15, -0.1) is 11.3 Å². The summed E-state index contributed by atoms with van der Waals surface area (Å²) in [5.74, 6) is 1.23. The lowest BCUT2D eigenvalue weighted by Crippen LogP contribution is -2.48. The van der Waals surface area contributed by atoms with Crippen LogP contribution >= 0.6 is 11.3 Å². The summed E-state index contributed by atoms with van der Waals surface area (Å²) in [5, 5.41) is 2.02. The van der Waals surface area contributed by atoms with Crippen molar-refractivity contribution in [2.24, 2.45) is 0 Å². The van der Waals surface area contributed by atoms with E-state index in [1.54, 1.807) is 11.3 Å². The van der Waals surface area contributed by atoms with Crippen LogP contribution in [0.2, 0.25) is 0 Å². The lowest BCUT2D eigenvalue weighted by molar-refractivity contribution is -0.132. The maximum atomic E-state index is 12.3. The van der Waals surface area contributed by atoms with Gasteiger partial charge in [0.1, 0.15) is 5.82 Å². The smallest absolute Gasteiger partial charge is 0.227 e. The van der Waals surface area contributed by atoms with Crippen LogP contribution in [0.25, 0.3) is 11.0 Å². The van der Waals surface area contributed by atoms with Gasteiger partial charge in [-0.1, -0.05) is 18.2 Å². The van der Waals surface area contributed by atoms with Crippen LogP contribution in [0.1, 0.15) is 10.7 Å². The van der Waals surface area contributed by atoms with E-state index in [1.807, 2.05) is 46.7 Å². The monoisotopic (exact) mass is 340 g/mol. The summed E-state index contributed by atoms with van der Waals surface area (Å²) in [4.78, 5) is 25.8. The van der Waals surface area contributed by atoms with Gasteiger partial charge >= 0.3 is 0 Å². The summed E-state index contributed by atoms with van der Waals surface area (Å²) in [6.07, 6.45) is 0.529. The molecule has 0 saturated carbocycles. The highest BCUT2D eigenvalue weighted by Gasteiger charge is 2.22. The maximum Gasteiger partial charge on any atom is 0.227 e. The zero-order chi connectivity index (χ0) is 16.4. The Morgan fingerprint density at radius 1 is 1.12 bits per heavy atom. The lowest BCUT2D eigenvalue weighted by Gasteiger charge is -2.34. The second-order valence-electron chi connectivity index (χ2n) is 6.11. The number of aromatic amines is 1. The fourth-order valence-electron chi connectivity index (χ4n) is 3.12. The molecule has 0 radical (unpaired) electrons.